The molecule has 1 heterocycles. The van der Waals surface area contributed by atoms with E-state index < -0.39 is 12.1 Å². The Kier molecular flexibility index (Phi) is 4.81. The molecule has 0 saturated carbocycles. The molecule has 0 aromatic carbocycles. The molecular weight excluding hydrogens is 341 g/mol. The van der Waals surface area contributed by atoms with Gasteiger partial charge in [-0.3, -0.25) is 10.6 Å². The highest BCUT2D eigenvalue weighted by Crippen LogP contribution is 2.07. The van der Waals surface area contributed by atoms with Crippen LogP contribution in [0.1, 0.15) is 0 Å². The summed E-state index contributed by atoms with van der Waals surface area (Å²) in [4.78, 5) is 33.7. The van der Waals surface area contributed by atoms with Gasteiger partial charge in [0.05, 0.1) is 0 Å². The fraction of sp³-hybridized carbons (Fsp3) is 0.286. The van der Waals surface area contributed by atoms with Crippen molar-refractivity contribution in [2.24, 2.45) is 0 Å². The molecule has 0 unspecified atom stereocenters. The lowest BCUT2D eigenvalue weighted by Gasteiger charge is -2.06. The van der Waals surface area contributed by atoms with Crippen molar-refractivity contribution >= 4 is 46.5 Å². The van der Waals surface area contributed by atoms with Crippen molar-refractivity contribution in [2.75, 3.05) is 24.7 Å². The molecule has 17 heavy (non-hydrogen) atoms. The van der Waals surface area contributed by atoms with Gasteiger partial charge in [0.2, 0.25) is 11.9 Å². The number of carbonyl (C=O) groups excluding carboxylic acids is 2. The molecule has 0 aliphatic rings. The molecule has 0 spiro atoms. The highest BCUT2D eigenvalue weighted by molar-refractivity contribution is 14.1. The Bertz CT molecular complexity index is 402. The van der Waals surface area contributed by atoms with Gasteiger partial charge in [-0.25, -0.2) is 9.59 Å². The molecule has 4 N–H and O–H groups in total. The van der Waals surface area contributed by atoms with E-state index in [1.54, 1.807) is 0 Å². The van der Waals surface area contributed by atoms with Gasteiger partial charge in [-0.1, -0.05) is 0 Å². The van der Waals surface area contributed by atoms with Crippen LogP contribution in [0.3, 0.4) is 0 Å². The Morgan fingerprint density at radius 3 is 1.71 bits per heavy atom. The first kappa shape index (κ1) is 13.3. The third kappa shape index (κ3) is 4.34. The van der Waals surface area contributed by atoms with Gasteiger partial charge in [-0.15, -0.1) is 0 Å². The van der Waals surface area contributed by atoms with Crippen LogP contribution in [0.2, 0.25) is 0 Å². The number of hydrogen-bond acceptors (Lipinski definition) is 5. The number of aromatic nitrogens is 3. The van der Waals surface area contributed by atoms with E-state index in [1.807, 2.05) is 22.6 Å². The molecule has 1 aromatic heterocycles. The highest BCUT2D eigenvalue weighted by Gasteiger charge is 2.08. The molecule has 0 atom stereocenters. The van der Waals surface area contributed by atoms with Gasteiger partial charge in [0.1, 0.15) is 0 Å². The van der Waals surface area contributed by atoms with Crippen molar-refractivity contribution in [3.05, 3.63) is 3.83 Å². The van der Waals surface area contributed by atoms with Gasteiger partial charge in [0.25, 0.3) is 0 Å². The standard InChI is InChI=1S/C7H10IN7O2/c1-9-6(16)14-4-11-3(8)12-5(13-4)15-7(17)10-2/h1-2H3,(H4,9,10,11,12,13,14,15,16,17). The van der Waals surface area contributed by atoms with E-state index in [-0.39, 0.29) is 11.9 Å². The number of carbonyl (C=O) groups is 2. The summed E-state index contributed by atoms with van der Waals surface area (Å²) in [6.45, 7) is 0. The topological polar surface area (TPSA) is 121 Å². The fourth-order valence-corrected chi connectivity index (χ4v) is 1.25. The Hall–Kier alpha value is -1.72. The van der Waals surface area contributed by atoms with Crippen molar-refractivity contribution in [3.8, 4) is 0 Å². The molecule has 9 nitrogen and oxygen atoms in total. The van der Waals surface area contributed by atoms with Gasteiger partial charge in [0, 0.05) is 36.7 Å². The summed E-state index contributed by atoms with van der Waals surface area (Å²) in [6.07, 6.45) is 0. The minimum Gasteiger partial charge on any atom is -0.341 e. The molecular formula is C7H10IN7O2. The third-order valence-electron chi connectivity index (χ3n) is 1.51. The van der Waals surface area contributed by atoms with Crippen molar-refractivity contribution in [3.63, 3.8) is 0 Å². The van der Waals surface area contributed by atoms with E-state index in [9.17, 15) is 9.59 Å². The third-order valence-corrected chi connectivity index (χ3v) is 2.00. The van der Waals surface area contributed by atoms with Gasteiger partial charge in [-0.2, -0.15) is 15.0 Å². The molecule has 0 bridgehead atoms. The van der Waals surface area contributed by atoms with Crippen LogP contribution in [-0.2, 0) is 0 Å². The van der Waals surface area contributed by atoms with Crippen LogP contribution >= 0.6 is 22.6 Å². The lowest BCUT2D eigenvalue weighted by Crippen LogP contribution is -2.28. The predicted octanol–water partition coefficient (Wildman–Crippen LogP) is -0.0212. The summed E-state index contributed by atoms with van der Waals surface area (Å²) in [5, 5.41) is 9.45. The SMILES string of the molecule is CNC(=O)Nc1nc(I)nc(NC(=O)NC)n1. The number of nitrogens with zero attached hydrogens (tertiary/aromatic N) is 3. The Balaban J connectivity index is 2.86. The van der Waals surface area contributed by atoms with E-state index in [0.29, 0.717) is 3.83 Å². The Morgan fingerprint density at radius 2 is 1.35 bits per heavy atom. The zero-order valence-corrected chi connectivity index (χ0v) is 11.2. The summed E-state index contributed by atoms with van der Waals surface area (Å²) >= 11 is 1.84. The average molecular weight is 351 g/mol. The minimum absolute atomic E-state index is 0.0511. The summed E-state index contributed by atoms with van der Waals surface area (Å²) < 4.78 is 0.343. The molecule has 4 amide bonds. The van der Waals surface area contributed by atoms with E-state index >= 15 is 0 Å². The summed E-state index contributed by atoms with van der Waals surface area (Å²) in [6, 6.07) is -0.921. The molecule has 92 valence electrons. The van der Waals surface area contributed by atoms with E-state index in [1.165, 1.54) is 14.1 Å². The molecule has 0 aliphatic heterocycles. The maximum atomic E-state index is 11.1. The number of rotatable bonds is 2. The highest BCUT2D eigenvalue weighted by atomic mass is 127. The quantitative estimate of drug-likeness (QED) is 0.558. The first-order chi connectivity index (χ1) is 8.05. The zero-order valence-electron chi connectivity index (χ0n) is 9.04. The largest absolute Gasteiger partial charge is 0.341 e. The predicted molar refractivity (Wildman–Crippen MR) is 68.7 cm³/mol. The molecule has 1 rings (SSSR count). The van der Waals surface area contributed by atoms with Crippen LogP contribution in [0, 0.1) is 3.83 Å². The molecule has 0 fully saturated rings. The minimum atomic E-state index is -0.460. The van der Waals surface area contributed by atoms with Gasteiger partial charge < -0.3 is 10.6 Å². The van der Waals surface area contributed by atoms with Gasteiger partial charge in [0.15, 0.2) is 3.83 Å². The number of amides is 4. The lowest BCUT2D eigenvalue weighted by molar-refractivity contribution is 0.253. The summed E-state index contributed by atoms with van der Waals surface area (Å²) in [5.41, 5.74) is 0. The second kappa shape index (κ2) is 6.12. The van der Waals surface area contributed by atoms with Crippen LogP contribution < -0.4 is 21.3 Å². The molecule has 0 radical (unpaired) electrons. The van der Waals surface area contributed by atoms with Crippen LogP contribution in [0.5, 0.6) is 0 Å². The van der Waals surface area contributed by atoms with Gasteiger partial charge in [-0.05, 0) is 0 Å². The van der Waals surface area contributed by atoms with Crippen LogP contribution in [0.4, 0.5) is 21.5 Å². The van der Waals surface area contributed by atoms with Crippen LogP contribution in [-0.4, -0.2) is 41.1 Å². The number of hydrogen-bond donors (Lipinski definition) is 4. The second-order valence-corrected chi connectivity index (χ2v) is 3.62. The Labute approximate surface area is 110 Å². The normalized spacial score (nSPS) is 9.35. The van der Waals surface area contributed by atoms with Crippen molar-refractivity contribution < 1.29 is 9.59 Å². The first-order valence-corrected chi connectivity index (χ1v) is 5.52. The molecule has 0 aliphatic carbocycles. The Morgan fingerprint density at radius 1 is 0.941 bits per heavy atom. The van der Waals surface area contributed by atoms with E-state index in [2.05, 4.69) is 36.2 Å². The fourth-order valence-electron chi connectivity index (χ4n) is 0.790. The smallest absolute Gasteiger partial charge is 0.321 e. The molecule has 0 saturated heterocycles. The molecule has 1 aromatic rings. The van der Waals surface area contributed by atoms with Crippen molar-refractivity contribution in [2.45, 2.75) is 0 Å². The second-order valence-electron chi connectivity index (χ2n) is 2.66. The van der Waals surface area contributed by atoms with E-state index in [4.69, 9.17) is 0 Å². The lowest BCUT2D eigenvalue weighted by atomic mass is 10.8. The van der Waals surface area contributed by atoms with Gasteiger partial charge >= 0.3 is 12.1 Å². The number of halogens is 1. The monoisotopic (exact) mass is 351 g/mol. The van der Waals surface area contributed by atoms with Crippen LogP contribution in [0.25, 0.3) is 0 Å². The maximum Gasteiger partial charge on any atom is 0.321 e. The zero-order chi connectivity index (χ0) is 12.8. The van der Waals surface area contributed by atoms with Crippen molar-refractivity contribution in [1.29, 1.82) is 0 Å². The summed E-state index contributed by atoms with van der Waals surface area (Å²) in [5.74, 6) is 0.102. The number of anilines is 2. The molecule has 10 heteroatoms. The van der Waals surface area contributed by atoms with Crippen LogP contribution in [0.15, 0.2) is 0 Å². The summed E-state index contributed by atoms with van der Waals surface area (Å²) in [7, 11) is 2.93. The number of urea groups is 2. The maximum absolute atomic E-state index is 11.1. The first-order valence-electron chi connectivity index (χ1n) is 4.44. The average Bonchev–Trinajstić information content (AvgIpc) is 2.27. The number of nitrogens with one attached hydrogen (secondary N) is 4. The van der Waals surface area contributed by atoms with E-state index in [0.717, 1.165) is 0 Å². The van der Waals surface area contributed by atoms with Crippen molar-refractivity contribution in [1.82, 2.24) is 25.6 Å².